The maximum absolute atomic E-state index is 10.6. The van der Waals surface area contributed by atoms with E-state index in [0.717, 1.165) is 10.9 Å². The molecule has 1 heterocycles. The summed E-state index contributed by atoms with van der Waals surface area (Å²) in [6.07, 6.45) is 2.90. The van der Waals surface area contributed by atoms with Gasteiger partial charge in [-0.1, -0.05) is 18.2 Å². The van der Waals surface area contributed by atoms with E-state index in [1.807, 2.05) is 24.3 Å². The van der Waals surface area contributed by atoms with Crippen molar-refractivity contribution in [2.45, 2.75) is 13.5 Å². The van der Waals surface area contributed by atoms with Gasteiger partial charge < -0.3 is 4.74 Å². The molecule has 15 heavy (non-hydrogen) atoms. The molecule has 4 nitrogen and oxygen atoms in total. The van der Waals surface area contributed by atoms with Gasteiger partial charge in [-0.2, -0.15) is 5.10 Å². The van der Waals surface area contributed by atoms with Crippen molar-refractivity contribution < 1.29 is 9.53 Å². The van der Waals surface area contributed by atoms with Gasteiger partial charge in [0.2, 0.25) is 0 Å². The predicted molar refractivity (Wildman–Crippen MR) is 55.2 cm³/mol. The average Bonchev–Trinajstić information content (AvgIpc) is 2.62. The number of ether oxygens (including phenoxy) is 1. The van der Waals surface area contributed by atoms with E-state index in [1.165, 1.54) is 6.92 Å². The zero-order valence-corrected chi connectivity index (χ0v) is 8.43. The quantitative estimate of drug-likeness (QED) is 0.708. The molecule has 0 atom stereocenters. The summed E-state index contributed by atoms with van der Waals surface area (Å²) in [7, 11) is 0. The molecule has 4 heteroatoms. The number of rotatable bonds is 3. The summed E-state index contributed by atoms with van der Waals surface area (Å²) >= 11 is 0. The predicted octanol–water partition coefficient (Wildman–Crippen LogP) is 1.40. The van der Waals surface area contributed by atoms with Gasteiger partial charge >= 0.3 is 5.97 Å². The minimum atomic E-state index is -0.268. The van der Waals surface area contributed by atoms with Gasteiger partial charge in [0, 0.05) is 12.3 Å². The van der Waals surface area contributed by atoms with Crippen LogP contribution in [0.4, 0.5) is 0 Å². The third kappa shape index (κ3) is 2.15. The molecule has 0 aliphatic heterocycles. The maximum atomic E-state index is 10.6. The number of carbonyl (C=O) groups excluding carboxylic acids is 1. The zero-order valence-electron chi connectivity index (χ0n) is 8.43. The fraction of sp³-hybridized carbons (Fsp3) is 0.273. The van der Waals surface area contributed by atoms with Gasteiger partial charge in [-0.15, -0.1) is 0 Å². The lowest BCUT2D eigenvalue weighted by Gasteiger charge is -2.03. The fourth-order valence-corrected chi connectivity index (χ4v) is 1.41. The Labute approximate surface area is 87.5 Å². The molecule has 0 fully saturated rings. The molecule has 77 valence electrons. The van der Waals surface area contributed by atoms with Crippen molar-refractivity contribution in [3.05, 3.63) is 30.5 Å². The van der Waals surface area contributed by atoms with Crippen LogP contribution in [0.1, 0.15) is 6.92 Å². The van der Waals surface area contributed by atoms with Crippen molar-refractivity contribution in [3.63, 3.8) is 0 Å². The number of fused-ring (bicyclic) bond motifs is 1. The topological polar surface area (TPSA) is 44.1 Å². The molecule has 1 radical (unpaired) electrons. The monoisotopic (exact) mass is 203 g/mol. The molecule has 0 N–H and O–H groups in total. The third-order valence-corrected chi connectivity index (χ3v) is 2.08. The molecule has 0 aliphatic carbocycles. The molecular weight excluding hydrogens is 192 g/mol. The molecule has 1 aromatic carbocycles. The van der Waals surface area contributed by atoms with Crippen LogP contribution in [0.25, 0.3) is 10.9 Å². The summed E-state index contributed by atoms with van der Waals surface area (Å²) in [6, 6.07) is 7.80. The Hall–Kier alpha value is -1.84. The minimum absolute atomic E-state index is 0.268. The summed E-state index contributed by atoms with van der Waals surface area (Å²) in [5.74, 6) is -0.268. The number of aromatic nitrogens is 2. The molecular formula is C11H11N2O2. The van der Waals surface area contributed by atoms with Crippen LogP contribution in [0.5, 0.6) is 0 Å². The molecule has 0 amide bonds. The normalized spacial score (nSPS) is 10.5. The van der Waals surface area contributed by atoms with E-state index >= 15 is 0 Å². The number of nitrogens with zero attached hydrogens (tertiary/aromatic N) is 2. The standard InChI is InChI=1S/C11H11N2O2/c1-9(14)15-7-6-13-11-5-3-2-4-10(11)8-12-13/h2-5H,6-7H2,1H3. The van der Waals surface area contributed by atoms with Crippen LogP contribution in [0.15, 0.2) is 24.3 Å². The number of carbonyl (C=O) groups is 1. The second-order valence-corrected chi connectivity index (χ2v) is 3.19. The SMILES string of the molecule is CC(=O)OCCn1n[c]c2ccccc21. The molecule has 0 saturated carbocycles. The van der Waals surface area contributed by atoms with E-state index in [0.29, 0.717) is 13.2 Å². The van der Waals surface area contributed by atoms with E-state index in [9.17, 15) is 4.79 Å². The first-order valence-electron chi connectivity index (χ1n) is 4.74. The van der Waals surface area contributed by atoms with Crippen LogP contribution in [0, 0.1) is 6.20 Å². The number of esters is 1. The van der Waals surface area contributed by atoms with Crippen LogP contribution in [-0.2, 0) is 16.1 Å². The van der Waals surface area contributed by atoms with Crippen molar-refractivity contribution in [3.8, 4) is 0 Å². The maximum Gasteiger partial charge on any atom is 0.302 e. The molecule has 1 aromatic heterocycles. The van der Waals surface area contributed by atoms with Crippen LogP contribution < -0.4 is 0 Å². The zero-order chi connectivity index (χ0) is 10.7. The first-order chi connectivity index (χ1) is 7.27. The van der Waals surface area contributed by atoms with E-state index in [1.54, 1.807) is 4.68 Å². The highest BCUT2D eigenvalue weighted by molar-refractivity contribution is 5.77. The Morgan fingerprint density at radius 1 is 1.53 bits per heavy atom. The van der Waals surface area contributed by atoms with Crippen molar-refractivity contribution in [1.82, 2.24) is 9.78 Å². The fourth-order valence-electron chi connectivity index (χ4n) is 1.41. The smallest absolute Gasteiger partial charge is 0.302 e. The molecule has 0 unspecified atom stereocenters. The summed E-state index contributed by atoms with van der Waals surface area (Å²) in [4.78, 5) is 10.6. The molecule has 0 spiro atoms. The molecule has 2 aromatic rings. The first kappa shape index (κ1) is 9.71. The number of benzene rings is 1. The highest BCUT2D eigenvalue weighted by Gasteiger charge is 2.02. The van der Waals surface area contributed by atoms with Crippen LogP contribution in [0.2, 0.25) is 0 Å². The lowest BCUT2D eigenvalue weighted by atomic mass is 10.3. The summed E-state index contributed by atoms with van der Waals surface area (Å²) in [5, 5.41) is 5.07. The van der Waals surface area contributed by atoms with Gasteiger partial charge in [-0.05, 0) is 6.07 Å². The second kappa shape index (κ2) is 4.13. The van der Waals surface area contributed by atoms with Gasteiger partial charge in [0.15, 0.2) is 0 Å². The number of hydrogen-bond donors (Lipinski definition) is 0. The van der Waals surface area contributed by atoms with Crippen molar-refractivity contribution in [2.75, 3.05) is 6.61 Å². The van der Waals surface area contributed by atoms with Crippen molar-refractivity contribution >= 4 is 16.9 Å². The van der Waals surface area contributed by atoms with Gasteiger partial charge in [-0.3, -0.25) is 9.48 Å². The van der Waals surface area contributed by atoms with E-state index < -0.39 is 0 Å². The molecule has 2 rings (SSSR count). The Balaban J connectivity index is 2.11. The minimum Gasteiger partial charge on any atom is -0.464 e. The highest BCUT2D eigenvalue weighted by atomic mass is 16.5. The number of hydrogen-bond acceptors (Lipinski definition) is 3. The summed E-state index contributed by atoms with van der Waals surface area (Å²) in [5.41, 5.74) is 1.00. The van der Waals surface area contributed by atoms with E-state index in [2.05, 4.69) is 11.3 Å². The molecule has 0 saturated heterocycles. The van der Waals surface area contributed by atoms with Crippen molar-refractivity contribution in [2.24, 2.45) is 0 Å². The first-order valence-corrected chi connectivity index (χ1v) is 4.74. The summed E-state index contributed by atoms with van der Waals surface area (Å²) < 4.78 is 6.63. The van der Waals surface area contributed by atoms with E-state index in [4.69, 9.17) is 4.74 Å². The largest absolute Gasteiger partial charge is 0.464 e. The van der Waals surface area contributed by atoms with Crippen LogP contribution in [0.3, 0.4) is 0 Å². The lowest BCUT2D eigenvalue weighted by Crippen LogP contribution is -2.09. The molecule has 0 bridgehead atoms. The van der Waals surface area contributed by atoms with Gasteiger partial charge in [0.25, 0.3) is 0 Å². The third-order valence-electron chi connectivity index (χ3n) is 2.08. The lowest BCUT2D eigenvalue weighted by molar-refractivity contribution is -0.141. The van der Waals surface area contributed by atoms with Gasteiger partial charge in [0.1, 0.15) is 12.8 Å². The second-order valence-electron chi connectivity index (χ2n) is 3.19. The average molecular weight is 203 g/mol. The number of para-hydroxylation sites is 1. The Kier molecular flexibility index (Phi) is 2.67. The highest BCUT2D eigenvalue weighted by Crippen LogP contribution is 2.11. The molecule has 0 aliphatic rings. The Morgan fingerprint density at radius 3 is 3.13 bits per heavy atom. The van der Waals surface area contributed by atoms with Crippen LogP contribution in [-0.4, -0.2) is 22.4 Å². The van der Waals surface area contributed by atoms with Gasteiger partial charge in [0.05, 0.1) is 12.1 Å². The Bertz CT molecular complexity index is 476. The van der Waals surface area contributed by atoms with E-state index in [-0.39, 0.29) is 5.97 Å². The van der Waals surface area contributed by atoms with Crippen LogP contribution >= 0.6 is 0 Å². The van der Waals surface area contributed by atoms with Gasteiger partial charge in [-0.25, -0.2) is 0 Å². The van der Waals surface area contributed by atoms with Crippen molar-refractivity contribution in [1.29, 1.82) is 0 Å². The summed E-state index contributed by atoms with van der Waals surface area (Å²) in [6.45, 7) is 2.30. The Morgan fingerprint density at radius 2 is 2.33 bits per heavy atom.